The van der Waals surface area contributed by atoms with Crippen LogP contribution >= 0.6 is 0 Å². The Morgan fingerprint density at radius 2 is 1.63 bits per heavy atom. The molecule has 0 heterocycles. The summed E-state index contributed by atoms with van der Waals surface area (Å²) in [5, 5.41) is 24.6. The van der Waals surface area contributed by atoms with E-state index in [2.05, 4.69) is 10.6 Å². The van der Waals surface area contributed by atoms with Gasteiger partial charge in [0.2, 0.25) is 23.6 Å². The fourth-order valence-corrected chi connectivity index (χ4v) is 1.91. The summed E-state index contributed by atoms with van der Waals surface area (Å²) in [6.07, 6.45) is 0.0142. The normalized spacial score (nSPS) is 15.0. The van der Waals surface area contributed by atoms with Crippen molar-refractivity contribution in [3.05, 3.63) is 0 Å². The highest BCUT2D eigenvalue weighted by Crippen LogP contribution is 2.04. The maximum atomic E-state index is 12.0. The lowest BCUT2D eigenvalue weighted by atomic mass is 9.99. The minimum Gasteiger partial charge on any atom is -0.480 e. The van der Waals surface area contributed by atoms with Gasteiger partial charge in [-0.15, -0.1) is 0 Å². The van der Waals surface area contributed by atoms with E-state index in [1.165, 1.54) is 0 Å². The summed E-state index contributed by atoms with van der Waals surface area (Å²) < 4.78 is 0. The molecule has 0 aromatic carbocycles. The molecule has 4 amide bonds. The zero-order valence-corrected chi connectivity index (χ0v) is 15.2. The molecule has 12 heteroatoms. The van der Waals surface area contributed by atoms with E-state index in [0.717, 1.165) is 0 Å². The average Bonchev–Trinajstić information content (AvgIpc) is 2.61. The van der Waals surface area contributed by atoms with Gasteiger partial charge in [0.05, 0.1) is 25.6 Å². The van der Waals surface area contributed by atoms with Crippen LogP contribution in [0.15, 0.2) is 0 Å². The van der Waals surface area contributed by atoms with Crippen molar-refractivity contribution in [3.63, 3.8) is 0 Å². The van der Waals surface area contributed by atoms with E-state index < -0.39 is 67.3 Å². The number of aliphatic hydroxyl groups is 1. The van der Waals surface area contributed by atoms with Crippen LogP contribution in [0, 0.1) is 5.92 Å². The summed E-state index contributed by atoms with van der Waals surface area (Å²) >= 11 is 0. The van der Waals surface area contributed by atoms with E-state index >= 15 is 0 Å². The minimum absolute atomic E-state index is 0.0952. The number of nitrogens with one attached hydrogen (secondary N) is 3. The van der Waals surface area contributed by atoms with Crippen LogP contribution in [0.25, 0.3) is 0 Å². The summed E-state index contributed by atoms with van der Waals surface area (Å²) in [5.41, 5.74) is 10.6. The zero-order chi connectivity index (χ0) is 21.1. The Labute approximate surface area is 156 Å². The van der Waals surface area contributed by atoms with E-state index in [-0.39, 0.29) is 5.92 Å². The molecule has 0 aliphatic heterocycles. The molecule has 154 valence electrons. The SMILES string of the molecule is CCC(C)C(N)C(=O)NCC(=O)NC(CO)C(=O)NC(CC(N)=O)C(=O)O. The van der Waals surface area contributed by atoms with Crippen LogP contribution in [-0.4, -0.2) is 71.1 Å². The number of aliphatic carboxylic acids is 1. The second-order valence-electron chi connectivity index (χ2n) is 6.00. The molecular weight excluding hydrogens is 362 g/mol. The van der Waals surface area contributed by atoms with Crippen LogP contribution in [0.4, 0.5) is 0 Å². The molecule has 27 heavy (non-hydrogen) atoms. The molecule has 4 atom stereocenters. The van der Waals surface area contributed by atoms with E-state index in [4.69, 9.17) is 16.6 Å². The lowest BCUT2D eigenvalue weighted by Crippen LogP contribution is -2.55. The van der Waals surface area contributed by atoms with Crippen molar-refractivity contribution in [1.82, 2.24) is 16.0 Å². The first-order valence-corrected chi connectivity index (χ1v) is 8.28. The molecule has 0 aliphatic rings. The maximum Gasteiger partial charge on any atom is 0.326 e. The zero-order valence-electron chi connectivity index (χ0n) is 15.2. The lowest BCUT2D eigenvalue weighted by Gasteiger charge is -2.20. The predicted octanol–water partition coefficient (Wildman–Crippen LogP) is -3.60. The van der Waals surface area contributed by atoms with Crippen LogP contribution < -0.4 is 27.4 Å². The average molecular weight is 389 g/mol. The Morgan fingerprint density at radius 3 is 2.07 bits per heavy atom. The standard InChI is InChI=1S/C15H27N5O7/c1-3-7(2)12(17)14(25)18-5-11(23)19-9(6-21)13(24)20-8(15(26)27)4-10(16)22/h7-9,12,21H,3-6,17H2,1-2H3,(H2,16,22)(H,18,25)(H,19,23)(H,20,24)(H,26,27). The molecule has 0 aliphatic carbocycles. The molecule has 0 bridgehead atoms. The number of rotatable bonds is 12. The molecule has 0 radical (unpaired) electrons. The van der Waals surface area contributed by atoms with Crippen LogP contribution in [0.3, 0.4) is 0 Å². The molecular formula is C15H27N5O7. The van der Waals surface area contributed by atoms with Crippen molar-refractivity contribution in [2.45, 2.75) is 44.8 Å². The number of carbonyl (C=O) groups is 5. The van der Waals surface area contributed by atoms with Gasteiger partial charge in [0, 0.05) is 0 Å². The monoisotopic (exact) mass is 389 g/mol. The lowest BCUT2D eigenvalue weighted by molar-refractivity contribution is -0.144. The summed E-state index contributed by atoms with van der Waals surface area (Å²) in [7, 11) is 0. The Balaban J connectivity index is 4.66. The molecule has 4 unspecified atom stereocenters. The number of aliphatic hydroxyl groups excluding tert-OH is 1. The summed E-state index contributed by atoms with van der Waals surface area (Å²) in [4.78, 5) is 57.4. The highest BCUT2D eigenvalue weighted by Gasteiger charge is 2.27. The molecule has 0 saturated carbocycles. The van der Waals surface area contributed by atoms with Gasteiger partial charge in [-0.05, 0) is 5.92 Å². The van der Waals surface area contributed by atoms with Crippen molar-refractivity contribution in [2.75, 3.05) is 13.2 Å². The van der Waals surface area contributed by atoms with Crippen molar-refractivity contribution in [1.29, 1.82) is 0 Å². The highest BCUT2D eigenvalue weighted by molar-refractivity contribution is 5.93. The predicted molar refractivity (Wildman–Crippen MR) is 92.8 cm³/mol. The van der Waals surface area contributed by atoms with Crippen LogP contribution in [0.1, 0.15) is 26.7 Å². The topological polar surface area (TPSA) is 214 Å². The van der Waals surface area contributed by atoms with Gasteiger partial charge in [-0.3, -0.25) is 19.2 Å². The number of primary amides is 1. The number of hydrogen-bond acceptors (Lipinski definition) is 7. The molecule has 0 rings (SSSR count). The number of hydrogen-bond donors (Lipinski definition) is 7. The minimum atomic E-state index is -1.60. The van der Waals surface area contributed by atoms with Gasteiger partial charge in [-0.25, -0.2) is 4.79 Å². The number of carbonyl (C=O) groups excluding carboxylic acids is 4. The summed E-state index contributed by atoms with van der Waals surface area (Å²) in [6, 6.07) is -3.88. The van der Waals surface area contributed by atoms with Gasteiger partial charge < -0.3 is 37.6 Å². The molecule has 0 fully saturated rings. The van der Waals surface area contributed by atoms with E-state index in [1.54, 1.807) is 6.92 Å². The molecule has 12 nitrogen and oxygen atoms in total. The van der Waals surface area contributed by atoms with E-state index in [0.29, 0.717) is 6.42 Å². The number of nitrogens with two attached hydrogens (primary N) is 2. The highest BCUT2D eigenvalue weighted by atomic mass is 16.4. The van der Waals surface area contributed by atoms with Crippen LogP contribution in [-0.2, 0) is 24.0 Å². The second kappa shape index (κ2) is 11.8. The van der Waals surface area contributed by atoms with Crippen molar-refractivity contribution < 1.29 is 34.2 Å². The fourth-order valence-electron chi connectivity index (χ4n) is 1.91. The summed E-state index contributed by atoms with van der Waals surface area (Å²) in [5.74, 6) is -4.92. The van der Waals surface area contributed by atoms with Gasteiger partial charge in [0.1, 0.15) is 12.1 Å². The Morgan fingerprint density at radius 1 is 1.04 bits per heavy atom. The van der Waals surface area contributed by atoms with Crippen molar-refractivity contribution in [3.8, 4) is 0 Å². The second-order valence-corrected chi connectivity index (χ2v) is 6.00. The Kier molecular flexibility index (Phi) is 10.6. The van der Waals surface area contributed by atoms with Crippen molar-refractivity contribution >= 4 is 29.6 Å². The third kappa shape index (κ3) is 8.96. The van der Waals surface area contributed by atoms with Gasteiger partial charge in [-0.2, -0.15) is 0 Å². The third-order valence-corrected chi connectivity index (χ3v) is 3.84. The number of carboxylic acid groups (broad SMARTS) is 1. The van der Waals surface area contributed by atoms with Crippen LogP contribution in [0.2, 0.25) is 0 Å². The van der Waals surface area contributed by atoms with E-state index in [1.807, 2.05) is 12.2 Å². The Bertz CT molecular complexity index is 569. The maximum absolute atomic E-state index is 12.0. The van der Waals surface area contributed by atoms with E-state index in [9.17, 15) is 29.1 Å². The molecule has 0 aromatic heterocycles. The Hall–Kier alpha value is -2.73. The smallest absolute Gasteiger partial charge is 0.326 e. The fraction of sp³-hybridized carbons (Fsp3) is 0.667. The first-order valence-electron chi connectivity index (χ1n) is 8.28. The molecule has 0 spiro atoms. The van der Waals surface area contributed by atoms with Crippen molar-refractivity contribution in [2.24, 2.45) is 17.4 Å². The molecule has 0 aromatic rings. The molecule has 9 N–H and O–H groups in total. The number of amides is 4. The summed E-state index contributed by atoms with van der Waals surface area (Å²) in [6.45, 7) is 2.32. The van der Waals surface area contributed by atoms with Crippen LogP contribution in [0.5, 0.6) is 0 Å². The van der Waals surface area contributed by atoms with Gasteiger partial charge in [-0.1, -0.05) is 20.3 Å². The molecule has 0 saturated heterocycles. The first-order chi connectivity index (χ1) is 12.5. The van der Waals surface area contributed by atoms with Gasteiger partial charge in [0.15, 0.2) is 0 Å². The number of carboxylic acids is 1. The van der Waals surface area contributed by atoms with Gasteiger partial charge >= 0.3 is 5.97 Å². The van der Waals surface area contributed by atoms with Gasteiger partial charge in [0.25, 0.3) is 0 Å². The third-order valence-electron chi connectivity index (χ3n) is 3.84. The first kappa shape index (κ1) is 24.3. The largest absolute Gasteiger partial charge is 0.480 e. The quantitative estimate of drug-likeness (QED) is 0.176.